The minimum absolute atomic E-state index is 0.373. The number of hydrogen-bond donors (Lipinski definition) is 2. The lowest BCUT2D eigenvalue weighted by Gasteiger charge is -2.28. The highest BCUT2D eigenvalue weighted by Gasteiger charge is 2.20. The van der Waals surface area contributed by atoms with Crippen LogP contribution in [0.2, 0.25) is 0 Å². The number of nitrogens with one attached hydrogen (secondary N) is 1. The van der Waals surface area contributed by atoms with Gasteiger partial charge in [0.05, 0.1) is 18.8 Å². The van der Waals surface area contributed by atoms with Gasteiger partial charge in [-0.05, 0) is 43.9 Å². The van der Waals surface area contributed by atoms with E-state index in [4.69, 9.17) is 4.74 Å². The summed E-state index contributed by atoms with van der Waals surface area (Å²) in [5.41, 5.74) is 0. The van der Waals surface area contributed by atoms with Gasteiger partial charge in [-0.1, -0.05) is 27.7 Å². The lowest BCUT2D eigenvalue weighted by molar-refractivity contribution is -0.0287. The third-order valence-electron chi connectivity index (χ3n) is 4.35. The molecule has 1 aliphatic carbocycles. The molecule has 3 heteroatoms. The van der Waals surface area contributed by atoms with Gasteiger partial charge in [0.2, 0.25) is 0 Å². The van der Waals surface area contributed by atoms with E-state index in [1.54, 1.807) is 0 Å². The van der Waals surface area contributed by atoms with Crippen LogP contribution in [0, 0.1) is 11.8 Å². The summed E-state index contributed by atoms with van der Waals surface area (Å²) in [6.45, 7) is 10.0. The van der Waals surface area contributed by atoms with Gasteiger partial charge in [-0.2, -0.15) is 0 Å². The van der Waals surface area contributed by atoms with Crippen LogP contribution >= 0.6 is 0 Å². The Balaban J connectivity index is 2.12. The Kier molecular flexibility index (Phi) is 7.96. The second-order valence-electron chi connectivity index (χ2n) is 6.54. The molecule has 0 aromatic carbocycles. The van der Waals surface area contributed by atoms with Crippen LogP contribution < -0.4 is 5.32 Å². The van der Waals surface area contributed by atoms with E-state index in [0.29, 0.717) is 31.2 Å². The second-order valence-corrected chi connectivity index (χ2v) is 6.54. The maximum atomic E-state index is 9.97. The van der Waals surface area contributed by atoms with Gasteiger partial charge in [0.1, 0.15) is 0 Å². The van der Waals surface area contributed by atoms with Crippen LogP contribution in [0.4, 0.5) is 0 Å². The van der Waals surface area contributed by atoms with Gasteiger partial charge in [0, 0.05) is 12.6 Å². The summed E-state index contributed by atoms with van der Waals surface area (Å²) in [5, 5.41) is 13.4. The van der Waals surface area contributed by atoms with Gasteiger partial charge < -0.3 is 15.2 Å². The first-order valence-corrected chi connectivity index (χ1v) is 8.06. The van der Waals surface area contributed by atoms with Crippen molar-refractivity contribution in [3.63, 3.8) is 0 Å². The molecule has 1 saturated carbocycles. The molecule has 2 atom stereocenters. The maximum Gasteiger partial charge on any atom is 0.0897 e. The second kappa shape index (κ2) is 8.93. The van der Waals surface area contributed by atoms with Crippen molar-refractivity contribution in [2.45, 2.75) is 78.0 Å². The highest BCUT2D eigenvalue weighted by atomic mass is 16.5. The molecule has 0 aliphatic heterocycles. The van der Waals surface area contributed by atoms with Crippen molar-refractivity contribution < 1.29 is 9.84 Å². The average molecular weight is 271 g/mol. The summed E-state index contributed by atoms with van der Waals surface area (Å²) in [4.78, 5) is 0. The van der Waals surface area contributed by atoms with E-state index in [2.05, 4.69) is 33.0 Å². The molecule has 1 aliphatic rings. The normalized spacial score (nSPS) is 27.5. The molecule has 0 amide bonds. The SMILES string of the molecule is CCC(NCC(O)COC1CCC(C)CC1)C(C)C. The number of aliphatic hydroxyl groups is 1. The summed E-state index contributed by atoms with van der Waals surface area (Å²) < 4.78 is 5.83. The molecule has 2 unspecified atom stereocenters. The summed E-state index contributed by atoms with van der Waals surface area (Å²) in [6.07, 6.45) is 5.95. The van der Waals surface area contributed by atoms with Crippen molar-refractivity contribution in [3.8, 4) is 0 Å². The zero-order valence-electron chi connectivity index (χ0n) is 13.2. The molecule has 2 N–H and O–H groups in total. The number of hydrogen-bond acceptors (Lipinski definition) is 3. The molecule has 0 aromatic rings. The molecule has 0 bridgehead atoms. The Morgan fingerprint density at radius 3 is 2.37 bits per heavy atom. The van der Waals surface area contributed by atoms with E-state index >= 15 is 0 Å². The van der Waals surface area contributed by atoms with Gasteiger partial charge >= 0.3 is 0 Å². The zero-order valence-corrected chi connectivity index (χ0v) is 13.2. The monoisotopic (exact) mass is 271 g/mol. The highest BCUT2D eigenvalue weighted by Crippen LogP contribution is 2.25. The molecule has 1 rings (SSSR count). The molecule has 114 valence electrons. The molecule has 0 aromatic heterocycles. The van der Waals surface area contributed by atoms with Crippen LogP contribution in [-0.2, 0) is 4.74 Å². The van der Waals surface area contributed by atoms with Gasteiger partial charge in [0.15, 0.2) is 0 Å². The Bertz CT molecular complexity index is 225. The minimum Gasteiger partial charge on any atom is -0.389 e. The summed E-state index contributed by atoms with van der Waals surface area (Å²) in [5.74, 6) is 1.46. The number of ether oxygens (including phenoxy) is 1. The number of aliphatic hydroxyl groups excluding tert-OH is 1. The predicted octanol–water partition coefficient (Wildman–Crippen LogP) is 2.97. The van der Waals surface area contributed by atoms with E-state index in [0.717, 1.165) is 25.2 Å². The third kappa shape index (κ3) is 6.73. The maximum absolute atomic E-state index is 9.97. The third-order valence-corrected chi connectivity index (χ3v) is 4.35. The Morgan fingerprint density at radius 1 is 1.21 bits per heavy atom. The fourth-order valence-corrected chi connectivity index (χ4v) is 2.84. The molecular weight excluding hydrogens is 238 g/mol. The van der Waals surface area contributed by atoms with E-state index < -0.39 is 0 Å². The fourth-order valence-electron chi connectivity index (χ4n) is 2.84. The minimum atomic E-state index is -0.382. The van der Waals surface area contributed by atoms with Gasteiger partial charge in [-0.15, -0.1) is 0 Å². The van der Waals surface area contributed by atoms with E-state index in [1.165, 1.54) is 12.8 Å². The van der Waals surface area contributed by atoms with Crippen molar-refractivity contribution in [1.82, 2.24) is 5.32 Å². The van der Waals surface area contributed by atoms with Gasteiger partial charge in [-0.25, -0.2) is 0 Å². The van der Waals surface area contributed by atoms with E-state index in [1.807, 2.05) is 0 Å². The first-order valence-electron chi connectivity index (χ1n) is 8.06. The average Bonchev–Trinajstić information content (AvgIpc) is 2.38. The fraction of sp³-hybridized carbons (Fsp3) is 1.00. The van der Waals surface area contributed by atoms with Crippen molar-refractivity contribution in [2.75, 3.05) is 13.2 Å². The highest BCUT2D eigenvalue weighted by molar-refractivity contribution is 4.73. The lowest BCUT2D eigenvalue weighted by atomic mass is 9.89. The largest absolute Gasteiger partial charge is 0.389 e. The van der Waals surface area contributed by atoms with Crippen LogP contribution in [0.1, 0.15) is 59.8 Å². The van der Waals surface area contributed by atoms with Gasteiger partial charge in [-0.3, -0.25) is 0 Å². The molecule has 0 spiro atoms. The summed E-state index contributed by atoms with van der Waals surface area (Å²) in [6, 6.07) is 0.491. The molecule has 1 fully saturated rings. The van der Waals surface area contributed by atoms with Crippen molar-refractivity contribution in [3.05, 3.63) is 0 Å². The van der Waals surface area contributed by atoms with Crippen LogP contribution in [0.15, 0.2) is 0 Å². The Morgan fingerprint density at radius 2 is 1.84 bits per heavy atom. The molecule has 0 heterocycles. The van der Waals surface area contributed by atoms with E-state index in [-0.39, 0.29) is 6.10 Å². The van der Waals surface area contributed by atoms with Crippen molar-refractivity contribution in [1.29, 1.82) is 0 Å². The van der Waals surface area contributed by atoms with Crippen LogP contribution in [0.5, 0.6) is 0 Å². The summed E-state index contributed by atoms with van der Waals surface area (Å²) in [7, 11) is 0. The van der Waals surface area contributed by atoms with Crippen molar-refractivity contribution >= 4 is 0 Å². The predicted molar refractivity (Wildman–Crippen MR) is 80.3 cm³/mol. The number of rotatable bonds is 8. The molecular formula is C16H33NO2. The van der Waals surface area contributed by atoms with E-state index in [9.17, 15) is 5.11 Å². The first-order chi connectivity index (χ1) is 9.02. The van der Waals surface area contributed by atoms with Crippen molar-refractivity contribution in [2.24, 2.45) is 11.8 Å². The summed E-state index contributed by atoms with van der Waals surface area (Å²) >= 11 is 0. The molecule has 19 heavy (non-hydrogen) atoms. The first kappa shape index (κ1) is 16.9. The van der Waals surface area contributed by atoms with Gasteiger partial charge in [0.25, 0.3) is 0 Å². The Labute approximate surface area is 119 Å². The quantitative estimate of drug-likeness (QED) is 0.713. The standard InChI is InChI=1S/C16H33NO2/c1-5-16(12(2)3)17-10-14(18)11-19-15-8-6-13(4)7-9-15/h12-18H,5-11H2,1-4H3. The molecule has 0 radical (unpaired) electrons. The Hall–Kier alpha value is -0.120. The molecule has 0 saturated heterocycles. The van der Waals surface area contributed by atoms with Crippen LogP contribution in [-0.4, -0.2) is 36.5 Å². The molecule has 3 nitrogen and oxygen atoms in total. The topological polar surface area (TPSA) is 41.5 Å². The van der Waals surface area contributed by atoms with Crippen LogP contribution in [0.25, 0.3) is 0 Å². The smallest absolute Gasteiger partial charge is 0.0897 e. The zero-order chi connectivity index (χ0) is 14.3. The van der Waals surface area contributed by atoms with Crippen LogP contribution in [0.3, 0.4) is 0 Å². The lowest BCUT2D eigenvalue weighted by Crippen LogP contribution is -2.40.